The Morgan fingerprint density at radius 1 is 1.62 bits per heavy atom. The third kappa shape index (κ3) is 1.51. The van der Waals surface area contributed by atoms with Crippen molar-refractivity contribution in [3.05, 3.63) is 0 Å². The maximum Gasteiger partial charge on any atom is 0.0805 e. The van der Waals surface area contributed by atoms with Crippen molar-refractivity contribution >= 4 is 12.8 Å². The van der Waals surface area contributed by atoms with Gasteiger partial charge in [-0.1, -0.05) is 26.7 Å². The molecule has 2 saturated heterocycles. The number of rotatable bonds is 2. The van der Waals surface area contributed by atoms with Crippen molar-refractivity contribution in [1.82, 2.24) is 4.31 Å². The van der Waals surface area contributed by atoms with E-state index in [1.165, 1.54) is 19.3 Å². The van der Waals surface area contributed by atoms with Crippen LogP contribution in [-0.4, -0.2) is 29.1 Å². The highest BCUT2D eigenvalue weighted by Gasteiger charge is 2.53. The second-order valence-electron chi connectivity index (χ2n) is 4.76. The summed E-state index contributed by atoms with van der Waals surface area (Å²) in [6, 6.07) is 0. The number of nitrogens with zero attached hydrogens (tertiary/aromatic N) is 1. The van der Waals surface area contributed by atoms with Crippen LogP contribution in [0.1, 0.15) is 33.1 Å². The van der Waals surface area contributed by atoms with Crippen LogP contribution in [0, 0.1) is 5.92 Å². The third-order valence-corrected chi connectivity index (χ3v) is 3.91. The van der Waals surface area contributed by atoms with Gasteiger partial charge >= 0.3 is 0 Å². The number of hydrogen-bond donors (Lipinski definition) is 1. The van der Waals surface area contributed by atoms with Gasteiger partial charge in [0.15, 0.2) is 0 Å². The average molecular weight is 201 g/mol. The zero-order valence-electron chi connectivity index (χ0n) is 8.49. The Labute approximate surface area is 86.2 Å². The van der Waals surface area contributed by atoms with Gasteiger partial charge in [-0.05, 0) is 25.2 Å². The SMILES string of the molecule is CC(C)CC1OCC12CCCN2S. The van der Waals surface area contributed by atoms with Crippen molar-refractivity contribution in [1.29, 1.82) is 0 Å². The molecule has 0 aromatic carbocycles. The maximum atomic E-state index is 5.66. The molecule has 0 bridgehead atoms. The minimum Gasteiger partial charge on any atom is -0.374 e. The van der Waals surface area contributed by atoms with Crippen LogP contribution in [0.2, 0.25) is 0 Å². The fourth-order valence-corrected chi connectivity index (χ4v) is 2.90. The Bertz CT molecular complexity index is 197. The van der Waals surface area contributed by atoms with Gasteiger partial charge in [0.25, 0.3) is 0 Å². The zero-order valence-corrected chi connectivity index (χ0v) is 9.39. The number of ether oxygens (including phenoxy) is 1. The van der Waals surface area contributed by atoms with Crippen molar-refractivity contribution in [3.63, 3.8) is 0 Å². The summed E-state index contributed by atoms with van der Waals surface area (Å²) < 4.78 is 7.87. The summed E-state index contributed by atoms with van der Waals surface area (Å²) in [4.78, 5) is 0. The van der Waals surface area contributed by atoms with E-state index in [9.17, 15) is 0 Å². The quantitative estimate of drug-likeness (QED) is 0.687. The first-order valence-corrected chi connectivity index (χ1v) is 5.63. The molecular weight excluding hydrogens is 182 g/mol. The topological polar surface area (TPSA) is 12.5 Å². The van der Waals surface area contributed by atoms with Gasteiger partial charge in [-0.15, -0.1) is 0 Å². The molecule has 76 valence electrons. The molecule has 0 radical (unpaired) electrons. The maximum absolute atomic E-state index is 5.66. The van der Waals surface area contributed by atoms with Gasteiger partial charge in [0.2, 0.25) is 0 Å². The number of thiol groups is 1. The summed E-state index contributed by atoms with van der Waals surface area (Å²) in [5.74, 6) is 0.726. The molecule has 2 heterocycles. The normalized spacial score (nSPS) is 40.2. The minimum absolute atomic E-state index is 0.299. The van der Waals surface area contributed by atoms with E-state index in [4.69, 9.17) is 4.74 Å². The van der Waals surface area contributed by atoms with E-state index in [1.54, 1.807) is 0 Å². The lowest BCUT2D eigenvalue weighted by atomic mass is 9.82. The van der Waals surface area contributed by atoms with E-state index in [2.05, 4.69) is 31.0 Å². The van der Waals surface area contributed by atoms with E-state index in [1.807, 2.05) is 0 Å². The first-order chi connectivity index (χ1) is 6.15. The molecule has 0 amide bonds. The lowest BCUT2D eigenvalue weighted by Gasteiger charge is -2.51. The lowest BCUT2D eigenvalue weighted by Crippen LogP contribution is -2.63. The van der Waals surface area contributed by atoms with Crippen molar-refractivity contribution in [2.24, 2.45) is 5.92 Å². The summed E-state index contributed by atoms with van der Waals surface area (Å²) in [5.41, 5.74) is 0.299. The molecule has 0 aromatic heterocycles. The molecule has 2 aliphatic rings. The van der Waals surface area contributed by atoms with Crippen LogP contribution in [0.25, 0.3) is 0 Å². The van der Waals surface area contributed by atoms with Crippen molar-refractivity contribution in [3.8, 4) is 0 Å². The van der Waals surface area contributed by atoms with Gasteiger partial charge in [0.05, 0.1) is 18.2 Å². The highest BCUT2D eigenvalue weighted by molar-refractivity contribution is 7.77. The molecule has 3 heteroatoms. The molecule has 1 spiro atoms. The van der Waals surface area contributed by atoms with Crippen LogP contribution in [0.5, 0.6) is 0 Å². The largest absolute Gasteiger partial charge is 0.374 e. The molecule has 0 aliphatic carbocycles. The smallest absolute Gasteiger partial charge is 0.0805 e. The Morgan fingerprint density at radius 2 is 2.38 bits per heavy atom. The Balaban J connectivity index is 1.99. The predicted molar refractivity (Wildman–Crippen MR) is 56.9 cm³/mol. The summed E-state index contributed by atoms with van der Waals surface area (Å²) >= 11 is 4.54. The average Bonchev–Trinajstić information content (AvgIpc) is 2.43. The summed E-state index contributed by atoms with van der Waals surface area (Å²) in [7, 11) is 0. The second kappa shape index (κ2) is 3.44. The van der Waals surface area contributed by atoms with E-state index in [0.29, 0.717) is 11.6 Å². The number of hydrogen-bond acceptors (Lipinski definition) is 3. The van der Waals surface area contributed by atoms with E-state index >= 15 is 0 Å². The van der Waals surface area contributed by atoms with Crippen LogP contribution in [-0.2, 0) is 4.74 Å². The van der Waals surface area contributed by atoms with Crippen LogP contribution in [0.3, 0.4) is 0 Å². The van der Waals surface area contributed by atoms with Crippen LogP contribution in [0.15, 0.2) is 0 Å². The highest BCUT2D eigenvalue weighted by Crippen LogP contribution is 2.44. The van der Waals surface area contributed by atoms with Gasteiger partial charge in [0.1, 0.15) is 0 Å². The summed E-state index contributed by atoms with van der Waals surface area (Å²) in [5, 5.41) is 0. The Morgan fingerprint density at radius 3 is 2.77 bits per heavy atom. The highest BCUT2D eigenvalue weighted by atomic mass is 32.1. The first kappa shape index (κ1) is 9.81. The molecule has 2 unspecified atom stereocenters. The van der Waals surface area contributed by atoms with Gasteiger partial charge in [-0.25, -0.2) is 4.31 Å². The molecule has 0 saturated carbocycles. The second-order valence-corrected chi connectivity index (χ2v) is 5.24. The molecule has 13 heavy (non-hydrogen) atoms. The molecule has 0 N–H and O–H groups in total. The molecule has 2 nitrogen and oxygen atoms in total. The molecule has 2 rings (SSSR count). The van der Waals surface area contributed by atoms with Gasteiger partial charge in [-0.2, -0.15) is 0 Å². The minimum atomic E-state index is 0.299. The van der Waals surface area contributed by atoms with E-state index in [-0.39, 0.29) is 0 Å². The Hall–Kier alpha value is 0.270. The summed E-state index contributed by atoms with van der Waals surface area (Å²) in [6.07, 6.45) is 4.17. The molecular formula is C10H19NOS. The zero-order chi connectivity index (χ0) is 9.47. The molecule has 2 fully saturated rings. The van der Waals surface area contributed by atoms with Crippen LogP contribution < -0.4 is 0 Å². The fraction of sp³-hybridized carbons (Fsp3) is 1.00. The van der Waals surface area contributed by atoms with Crippen LogP contribution in [0.4, 0.5) is 0 Å². The summed E-state index contributed by atoms with van der Waals surface area (Å²) in [6.45, 7) is 6.54. The monoisotopic (exact) mass is 201 g/mol. The van der Waals surface area contributed by atoms with E-state index < -0.39 is 0 Å². The van der Waals surface area contributed by atoms with Crippen molar-refractivity contribution in [2.45, 2.75) is 44.8 Å². The Kier molecular flexibility index (Phi) is 2.60. The van der Waals surface area contributed by atoms with Crippen molar-refractivity contribution in [2.75, 3.05) is 13.2 Å². The van der Waals surface area contributed by atoms with Crippen LogP contribution >= 0.6 is 12.8 Å². The third-order valence-electron chi connectivity index (χ3n) is 3.31. The molecule has 2 aliphatic heterocycles. The first-order valence-electron chi connectivity index (χ1n) is 5.23. The van der Waals surface area contributed by atoms with Gasteiger partial charge in [-0.3, -0.25) is 0 Å². The molecule has 0 aromatic rings. The van der Waals surface area contributed by atoms with Gasteiger partial charge in [0, 0.05) is 6.54 Å². The predicted octanol–water partition coefficient (Wildman–Crippen LogP) is 2.11. The lowest BCUT2D eigenvalue weighted by molar-refractivity contribution is -0.172. The van der Waals surface area contributed by atoms with Gasteiger partial charge < -0.3 is 4.74 Å². The molecule has 2 atom stereocenters. The fourth-order valence-electron chi connectivity index (χ4n) is 2.47. The van der Waals surface area contributed by atoms with Crippen molar-refractivity contribution < 1.29 is 4.74 Å². The standard InChI is InChI=1S/C10H19NOS/c1-8(2)6-9-10(7-12-9)4-3-5-11(10)13/h8-9,13H,3-7H2,1-2H3. The van der Waals surface area contributed by atoms with E-state index in [0.717, 1.165) is 19.1 Å².